The number of phenols is 2. The lowest BCUT2D eigenvalue weighted by molar-refractivity contribution is 0.450. The second-order valence-electron chi connectivity index (χ2n) is 8.84. The molecule has 0 unspecified atom stereocenters. The first-order valence-electron chi connectivity index (χ1n) is 11.7. The standard InChI is InChI=1S/C33H24O2/c34-29-21-19-23-11-7-9-17-27(23)31(29)33(25-13-3-1-4-14-25,26-15-5-2-6-16-26)32-28-18-10-8-12-24(28)20-22-30(32)35/h1-22,34-35H. The van der Waals surface area contributed by atoms with E-state index in [9.17, 15) is 10.2 Å². The van der Waals surface area contributed by atoms with Gasteiger partial charge in [-0.3, -0.25) is 0 Å². The minimum absolute atomic E-state index is 0.184. The van der Waals surface area contributed by atoms with Crippen LogP contribution in [0.4, 0.5) is 0 Å². The van der Waals surface area contributed by atoms with Crippen LogP contribution in [0.15, 0.2) is 133 Å². The third kappa shape index (κ3) is 3.18. The van der Waals surface area contributed by atoms with Crippen molar-refractivity contribution in [3.05, 3.63) is 156 Å². The zero-order valence-corrected chi connectivity index (χ0v) is 19.1. The Morgan fingerprint density at radius 1 is 0.371 bits per heavy atom. The summed E-state index contributed by atoms with van der Waals surface area (Å²) in [7, 11) is 0. The summed E-state index contributed by atoms with van der Waals surface area (Å²) in [5.74, 6) is 0.368. The fourth-order valence-electron chi connectivity index (χ4n) is 5.55. The van der Waals surface area contributed by atoms with Crippen molar-refractivity contribution in [2.75, 3.05) is 0 Å². The van der Waals surface area contributed by atoms with Gasteiger partial charge in [-0.1, -0.05) is 121 Å². The molecule has 0 bridgehead atoms. The first-order chi connectivity index (χ1) is 17.2. The van der Waals surface area contributed by atoms with E-state index < -0.39 is 5.41 Å². The fourth-order valence-corrected chi connectivity index (χ4v) is 5.55. The van der Waals surface area contributed by atoms with Gasteiger partial charge >= 0.3 is 0 Å². The summed E-state index contributed by atoms with van der Waals surface area (Å²) >= 11 is 0. The predicted molar refractivity (Wildman–Crippen MR) is 143 cm³/mol. The molecule has 2 nitrogen and oxygen atoms in total. The molecular formula is C33H24O2. The van der Waals surface area contributed by atoms with Gasteiger partial charge in [-0.25, -0.2) is 0 Å². The molecule has 0 aliphatic rings. The molecule has 2 heteroatoms. The highest BCUT2D eigenvalue weighted by molar-refractivity contribution is 5.96. The van der Waals surface area contributed by atoms with E-state index in [0.717, 1.165) is 43.8 Å². The lowest BCUT2D eigenvalue weighted by atomic mass is 9.62. The van der Waals surface area contributed by atoms with Gasteiger partial charge in [0.05, 0.1) is 5.41 Å². The zero-order valence-electron chi connectivity index (χ0n) is 19.1. The molecule has 0 fully saturated rings. The van der Waals surface area contributed by atoms with Crippen molar-refractivity contribution in [2.45, 2.75) is 5.41 Å². The number of hydrogen-bond donors (Lipinski definition) is 2. The Bertz CT molecular complexity index is 1530. The molecule has 2 N–H and O–H groups in total. The monoisotopic (exact) mass is 452 g/mol. The minimum atomic E-state index is -0.988. The molecule has 0 saturated carbocycles. The van der Waals surface area contributed by atoms with Crippen molar-refractivity contribution < 1.29 is 10.2 Å². The minimum Gasteiger partial charge on any atom is -0.508 e. The van der Waals surface area contributed by atoms with Gasteiger partial charge < -0.3 is 10.2 Å². The van der Waals surface area contributed by atoms with Gasteiger partial charge in [0.15, 0.2) is 0 Å². The highest BCUT2D eigenvalue weighted by Gasteiger charge is 2.44. The molecule has 0 heterocycles. The van der Waals surface area contributed by atoms with Crippen LogP contribution in [-0.4, -0.2) is 10.2 Å². The van der Waals surface area contributed by atoms with Crippen LogP contribution < -0.4 is 0 Å². The van der Waals surface area contributed by atoms with Crippen LogP contribution in [0.25, 0.3) is 21.5 Å². The molecule has 0 aliphatic heterocycles. The smallest absolute Gasteiger partial charge is 0.121 e. The maximum absolute atomic E-state index is 11.6. The molecule has 168 valence electrons. The first-order valence-corrected chi connectivity index (χ1v) is 11.7. The van der Waals surface area contributed by atoms with E-state index in [1.54, 1.807) is 12.1 Å². The Morgan fingerprint density at radius 2 is 0.743 bits per heavy atom. The molecule has 0 spiro atoms. The van der Waals surface area contributed by atoms with E-state index in [0.29, 0.717) is 0 Å². The number of fused-ring (bicyclic) bond motifs is 2. The molecule has 0 aliphatic carbocycles. The van der Waals surface area contributed by atoms with Crippen molar-refractivity contribution in [2.24, 2.45) is 0 Å². The molecule has 0 atom stereocenters. The Morgan fingerprint density at radius 3 is 1.17 bits per heavy atom. The highest BCUT2D eigenvalue weighted by Crippen LogP contribution is 2.54. The third-order valence-corrected chi connectivity index (χ3v) is 6.98. The van der Waals surface area contributed by atoms with Gasteiger partial charge in [0.25, 0.3) is 0 Å². The molecular weight excluding hydrogens is 428 g/mol. The Kier molecular flexibility index (Phi) is 5.00. The van der Waals surface area contributed by atoms with E-state index in [4.69, 9.17) is 0 Å². The SMILES string of the molecule is Oc1ccc2ccccc2c1C(c1ccccc1)(c1ccccc1)c1c(O)ccc2ccccc12. The maximum Gasteiger partial charge on any atom is 0.121 e. The van der Waals surface area contributed by atoms with Crippen LogP contribution in [0.1, 0.15) is 22.3 Å². The molecule has 0 amide bonds. The van der Waals surface area contributed by atoms with Crippen molar-refractivity contribution in [1.82, 2.24) is 0 Å². The van der Waals surface area contributed by atoms with Crippen LogP contribution in [0.5, 0.6) is 11.5 Å². The van der Waals surface area contributed by atoms with Crippen LogP contribution >= 0.6 is 0 Å². The van der Waals surface area contributed by atoms with Gasteiger partial charge in [-0.2, -0.15) is 0 Å². The quantitative estimate of drug-likeness (QED) is 0.268. The Labute approximate surface area is 204 Å². The predicted octanol–water partition coefficient (Wildman–Crippen LogP) is 7.79. The topological polar surface area (TPSA) is 40.5 Å². The third-order valence-electron chi connectivity index (χ3n) is 6.98. The van der Waals surface area contributed by atoms with Crippen molar-refractivity contribution in [1.29, 1.82) is 0 Å². The molecule has 6 aromatic carbocycles. The van der Waals surface area contributed by atoms with E-state index >= 15 is 0 Å². The summed E-state index contributed by atoms with van der Waals surface area (Å²) in [6.07, 6.45) is 0. The maximum atomic E-state index is 11.6. The summed E-state index contributed by atoms with van der Waals surface area (Å²) in [5.41, 5.74) is 2.44. The normalized spacial score (nSPS) is 11.7. The van der Waals surface area contributed by atoms with Gasteiger partial charge in [-0.15, -0.1) is 0 Å². The zero-order chi connectivity index (χ0) is 23.8. The molecule has 0 saturated heterocycles. The number of benzene rings is 6. The largest absolute Gasteiger partial charge is 0.508 e. The average Bonchev–Trinajstić information content (AvgIpc) is 2.92. The van der Waals surface area contributed by atoms with Gasteiger partial charge in [-0.05, 0) is 44.8 Å². The molecule has 0 aromatic heterocycles. The summed E-state index contributed by atoms with van der Waals surface area (Å²) in [6, 6.07) is 44.0. The first kappa shape index (κ1) is 21.0. The van der Waals surface area contributed by atoms with Crippen LogP contribution in [0.2, 0.25) is 0 Å². The molecule has 6 aromatic rings. The fraction of sp³-hybridized carbons (Fsp3) is 0.0303. The van der Waals surface area contributed by atoms with Crippen LogP contribution in [-0.2, 0) is 5.41 Å². The lowest BCUT2D eigenvalue weighted by Gasteiger charge is -2.39. The summed E-state index contributed by atoms with van der Waals surface area (Å²) in [6.45, 7) is 0. The van der Waals surface area contributed by atoms with E-state index in [-0.39, 0.29) is 11.5 Å². The van der Waals surface area contributed by atoms with Crippen molar-refractivity contribution in [3.63, 3.8) is 0 Å². The average molecular weight is 453 g/mol. The summed E-state index contributed by atoms with van der Waals surface area (Å²) in [5, 5.41) is 27.1. The van der Waals surface area contributed by atoms with Gasteiger partial charge in [0, 0.05) is 11.1 Å². The van der Waals surface area contributed by atoms with Crippen molar-refractivity contribution in [3.8, 4) is 11.5 Å². The number of aromatic hydroxyl groups is 2. The van der Waals surface area contributed by atoms with Crippen LogP contribution in [0.3, 0.4) is 0 Å². The Hall–Kier alpha value is -4.56. The number of rotatable bonds is 4. The summed E-state index contributed by atoms with van der Waals surface area (Å²) < 4.78 is 0. The second kappa shape index (κ2) is 8.34. The van der Waals surface area contributed by atoms with Gasteiger partial charge in [0.1, 0.15) is 11.5 Å². The van der Waals surface area contributed by atoms with Crippen molar-refractivity contribution >= 4 is 21.5 Å². The van der Waals surface area contributed by atoms with Crippen LogP contribution in [0, 0.1) is 0 Å². The lowest BCUT2D eigenvalue weighted by Crippen LogP contribution is -2.32. The Balaban J connectivity index is 1.93. The van der Waals surface area contributed by atoms with E-state index in [2.05, 4.69) is 36.4 Å². The molecule has 0 radical (unpaired) electrons. The second-order valence-corrected chi connectivity index (χ2v) is 8.84. The van der Waals surface area contributed by atoms with E-state index in [1.165, 1.54) is 0 Å². The molecule has 6 rings (SSSR count). The highest BCUT2D eigenvalue weighted by atomic mass is 16.3. The molecule has 35 heavy (non-hydrogen) atoms. The van der Waals surface area contributed by atoms with E-state index in [1.807, 2.05) is 84.9 Å². The van der Waals surface area contributed by atoms with Gasteiger partial charge in [0.2, 0.25) is 0 Å². The summed E-state index contributed by atoms with van der Waals surface area (Å²) in [4.78, 5) is 0. The number of phenolic OH excluding ortho intramolecular Hbond substituents is 2. The number of hydrogen-bond acceptors (Lipinski definition) is 2.